The number of aromatic nitrogens is 1. The van der Waals surface area contributed by atoms with E-state index in [1.54, 1.807) is 6.20 Å². The molecule has 5 rings (SSSR count). The maximum absolute atomic E-state index is 12.6. The molecule has 4 heterocycles. The van der Waals surface area contributed by atoms with Gasteiger partial charge in [0, 0.05) is 29.7 Å². The third-order valence-electron chi connectivity index (χ3n) is 5.26. The van der Waals surface area contributed by atoms with Crippen LogP contribution in [0.5, 0.6) is 0 Å². The number of nitrogens with zero attached hydrogens (tertiary/aromatic N) is 2. The number of nitrogens with one attached hydrogen (secondary N) is 1. The fourth-order valence-electron chi connectivity index (χ4n) is 3.91. The van der Waals surface area contributed by atoms with Gasteiger partial charge in [-0.25, -0.2) is 0 Å². The molecule has 1 aromatic heterocycles. The van der Waals surface area contributed by atoms with Crippen LogP contribution in [0, 0.1) is 18.3 Å². The van der Waals surface area contributed by atoms with Crippen LogP contribution >= 0.6 is 0 Å². The number of carbonyl (C=O) groups is 1. The maximum Gasteiger partial charge on any atom is 0.270 e. The smallest absolute Gasteiger partial charge is 0.270 e. The Morgan fingerprint density at radius 3 is 2.88 bits per heavy atom. The zero-order valence-corrected chi connectivity index (χ0v) is 13.7. The molecule has 4 nitrogen and oxygen atoms in total. The Kier molecular flexibility index (Phi) is 3.95. The summed E-state index contributed by atoms with van der Waals surface area (Å²) in [4.78, 5) is 19.4. The van der Waals surface area contributed by atoms with Crippen LogP contribution in [-0.4, -0.2) is 41.5 Å². The molecule has 2 bridgehead atoms. The summed E-state index contributed by atoms with van der Waals surface area (Å²) in [6, 6.07) is 7.80. The van der Waals surface area contributed by atoms with Crippen LogP contribution in [0.4, 0.5) is 0 Å². The topological polar surface area (TPSA) is 45.2 Å². The van der Waals surface area contributed by atoms with Gasteiger partial charge in [0.2, 0.25) is 0 Å². The number of carbonyl (C=O) groups excluding carboxylic acids is 1. The summed E-state index contributed by atoms with van der Waals surface area (Å²) in [6.07, 6.45) is 10.8. The van der Waals surface area contributed by atoms with Crippen molar-refractivity contribution in [1.29, 1.82) is 0 Å². The van der Waals surface area contributed by atoms with E-state index in [0.717, 1.165) is 35.2 Å². The fourth-order valence-corrected chi connectivity index (χ4v) is 3.91. The first-order valence-corrected chi connectivity index (χ1v) is 8.61. The normalized spacial score (nSPS) is 25.9. The van der Waals surface area contributed by atoms with Crippen molar-refractivity contribution < 1.29 is 4.79 Å². The molecular formula is C20H21N3O. The summed E-state index contributed by atoms with van der Waals surface area (Å²) in [5.74, 6) is 3.29. The van der Waals surface area contributed by atoms with Gasteiger partial charge in [-0.15, -0.1) is 6.42 Å². The van der Waals surface area contributed by atoms with Gasteiger partial charge in [0.1, 0.15) is 5.69 Å². The first kappa shape index (κ1) is 15.2. The molecule has 1 atom stereocenters. The molecule has 4 heteroatoms. The van der Waals surface area contributed by atoms with Crippen molar-refractivity contribution in [2.75, 3.05) is 19.6 Å². The van der Waals surface area contributed by atoms with Crippen LogP contribution in [0.1, 0.15) is 35.3 Å². The standard InChI is InChI=1S/C20H21N3O/c1-2-14-3-4-16-12-21-19(11-17(16)9-14)20(24)22-18-10-15-5-7-23(13-18)8-6-15/h1,3-4,9,11-12,15,18H,5-8,10,13H2,(H,22,24). The van der Waals surface area contributed by atoms with Gasteiger partial charge in [-0.2, -0.15) is 0 Å². The molecule has 2 aromatic rings. The third-order valence-corrected chi connectivity index (χ3v) is 5.26. The number of hydrogen-bond donors (Lipinski definition) is 1. The molecule has 3 saturated heterocycles. The van der Waals surface area contributed by atoms with E-state index in [-0.39, 0.29) is 11.9 Å². The largest absolute Gasteiger partial charge is 0.347 e. The molecule has 122 valence electrons. The molecule has 0 saturated carbocycles. The monoisotopic (exact) mass is 319 g/mol. The fraction of sp³-hybridized carbons (Fsp3) is 0.400. The summed E-state index contributed by atoms with van der Waals surface area (Å²) in [6.45, 7) is 3.29. The van der Waals surface area contributed by atoms with Crippen LogP contribution in [-0.2, 0) is 0 Å². The van der Waals surface area contributed by atoms with Crippen molar-refractivity contribution in [3.63, 3.8) is 0 Å². The Morgan fingerprint density at radius 1 is 1.25 bits per heavy atom. The summed E-state index contributed by atoms with van der Waals surface area (Å²) >= 11 is 0. The molecule has 1 aromatic carbocycles. The van der Waals surface area contributed by atoms with Crippen LogP contribution in [0.2, 0.25) is 0 Å². The van der Waals surface area contributed by atoms with E-state index in [0.29, 0.717) is 5.69 Å². The number of piperidine rings is 1. The zero-order chi connectivity index (χ0) is 16.5. The Hall–Kier alpha value is -2.38. The average molecular weight is 319 g/mol. The van der Waals surface area contributed by atoms with Crippen LogP contribution in [0.15, 0.2) is 30.5 Å². The molecule has 0 spiro atoms. The molecular weight excluding hydrogens is 298 g/mol. The lowest BCUT2D eigenvalue weighted by Crippen LogP contribution is -2.42. The Bertz CT molecular complexity index is 801. The molecule has 1 N–H and O–H groups in total. The van der Waals surface area contributed by atoms with Crippen molar-refractivity contribution in [3.05, 3.63) is 41.7 Å². The highest BCUT2D eigenvalue weighted by Crippen LogP contribution is 2.26. The summed E-state index contributed by atoms with van der Waals surface area (Å²) in [5, 5.41) is 5.13. The highest BCUT2D eigenvalue weighted by molar-refractivity contribution is 5.96. The first-order chi connectivity index (χ1) is 11.7. The summed E-state index contributed by atoms with van der Waals surface area (Å²) < 4.78 is 0. The number of benzene rings is 1. The number of rotatable bonds is 2. The predicted octanol–water partition coefficient (Wildman–Crippen LogP) is 2.43. The number of terminal acetylenes is 1. The van der Waals surface area contributed by atoms with Gasteiger partial charge in [0.05, 0.1) is 0 Å². The predicted molar refractivity (Wildman–Crippen MR) is 94.7 cm³/mol. The highest BCUT2D eigenvalue weighted by Gasteiger charge is 2.30. The highest BCUT2D eigenvalue weighted by atomic mass is 16.1. The van der Waals surface area contributed by atoms with Gasteiger partial charge < -0.3 is 10.2 Å². The van der Waals surface area contributed by atoms with E-state index in [1.165, 1.54) is 25.9 Å². The number of pyridine rings is 1. The first-order valence-electron chi connectivity index (χ1n) is 8.61. The quantitative estimate of drug-likeness (QED) is 0.865. The van der Waals surface area contributed by atoms with E-state index in [2.05, 4.69) is 21.1 Å². The molecule has 24 heavy (non-hydrogen) atoms. The molecule has 3 fully saturated rings. The molecule has 1 unspecified atom stereocenters. The summed E-state index contributed by atoms with van der Waals surface area (Å²) in [5.41, 5.74) is 1.27. The van der Waals surface area contributed by atoms with Gasteiger partial charge in [0.15, 0.2) is 0 Å². The van der Waals surface area contributed by atoms with Crippen LogP contribution in [0.3, 0.4) is 0 Å². The second-order valence-corrected chi connectivity index (χ2v) is 6.93. The van der Waals surface area contributed by atoms with Crippen molar-refractivity contribution >= 4 is 16.7 Å². The van der Waals surface area contributed by atoms with E-state index in [9.17, 15) is 4.79 Å². The zero-order valence-electron chi connectivity index (χ0n) is 13.7. The summed E-state index contributed by atoms with van der Waals surface area (Å²) in [7, 11) is 0. The molecule has 3 aliphatic heterocycles. The molecule has 1 amide bonds. The molecule has 0 radical (unpaired) electrons. The second kappa shape index (κ2) is 6.26. The maximum atomic E-state index is 12.6. The lowest BCUT2D eigenvalue weighted by Gasteiger charge is -2.26. The van der Waals surface area contributed by atoms with E-state index in [4.69, 9.17) is 6.42 Å². The minimum absolute atomic E-state index is 0.0875. The van der Waals surface area contributed by atoms with Crippen molar-refractivity contribution in [3.8, 4) is 12.3 Å². The Morgan fingerprint density at radius 2 is 2.08 bits per heavy atom. The molecule has 0 aliphatic carbocycles. The van der Waals surface area contributed by atoms with Crippen molar-refractivity contribution in [1.82, 2.24) is 15.2 Å². The minimum atomic E-state index is -0.0875. The van der Waals surface area contributed by atoms with Crippen LogP contribution < -0.4 is 5.32 Å². The van der Waals surface area contributed by atoms with E-state index >= 15 is 0 Å². The number of hydrogen-bond acceptors (Lipinski definition) is 3. The molecule has 3 aliphatic rings. The lowest BCUT2D eigenvalue weighted by atomic mass is 9.94. The van der Waals surface area contributed by atoms with Crippen molar-refractivity contribution in [2.24, 2.45) is 5.92 Å². The van der Waals surface area contributed by atoms with Gasteiger partial charge in [-0.1, -0.05) is 12.0 Å². The number of fused-ring (bicyclic) bond motifs is 5. The van der Waals surface area contributed by atoms with Gasteiger partial charge in [-0.3, -0.25) is 9.78 Å². The number of amides is 1. The minimum Gasteiger partial charge on any atom is -0.347 e. The van der Waals surface area contributed by atoms with Crippen LogP contribution in [0.25, 0.3) is 10.8 Å². The van der Waals surface area contributed by atoms with Gasteiger partial charge >= 0.3 is 0 Å². The van der Waals surface area contributed by atoms with Crippen molar-refractivity contribution in [2.45, 2.75) is 25.3 Å². The average Bonchev–Trinajstić information content (AvgIpc) is 2.93. The van der Waals surface area contributed by atoms with Gasteiger partial charge in [-0.05, 0) is 61.9 Å². The lowest BCUT2D eigenvalue weighted by molar-refractivity contribution is 0.0924. The second-order valence-electron chi connectivity index (χ2n) is 6.93. The SMILES string of the molecule is C#Cc1ccc2cnc(C(=O)NC3CC4CCN(CC4)C3)cc2c1. The van der Waals surface area contributed by atoms with E-state index < -0.39 is 0 Å². The third kappa shape index (κ3) is 3.00. The Labute approximate surface area is 142 Å². The Balaban J connectivity index is 1.53. The van der Waals surface area contributed by atoms with E-state index in [1.807, 2.05) is 24.3 Å². The van der Waals surface area contributed by atoms with Gasteiger partial charge in [0.25, 0.3) is 5.91 Å².